The summed E-state index contributed by atoms with van der Waals surface area (Å²) in [6.45, 7) is 2.83. The summed E-state index contributed by atoms with van der Waals surface area (Å²) in [6, 6.07) is 5.16. The second-order valence-corrected chi connectivity index (χ2v) is 5.92. The van der Waals surface area contributed by atoms with Crippen LogP contribution in [0.3, 0.4) is 0 Å². The van der Waals surface area contributed by atoms with Gasteiger partial charge in [-0.1, -0.05) is 38.3 Å². The van der Waals surface area contributed by atoms with Gasteiger partial charge in [-0.3, -0.25) is 4.79 Å². The predicted molar refractivity (Wildman–Crippen MR) is 79.4 cm³/mol. The fourth-order valence-corrected chi connectivity index (χ4v) is 2.67. The number of carbonyl (C=O) groups is 1. The van der Waals surface area contributed by atoms with Crippen LogP contribution in [0, 0.1) is 5.92 Å². The van der Waals surface area contributed by atoms with Crippen molar-refractivity contribution in [2.24, 2.45) is 5.92 Å². The summed E-state index contributed by atoms with van der Waals surface area (Å²) >= 11 is 0. The van der Waals surface area contributed by atoms with Gasteiger partial charge < -0.3 is 5.32 Å². The van der Waals surface area contributed by atoms with E-state index in [1.54, 1.807) is 0 Å². The topological polar surface area (TPSA) is 29.1 Å². The molecule has 0 aliphatic heterocycles. The molecule has 0 saturated heterocycles. The number of hydrogen-bond acceptors (Lipinski definition) is 1. The average Bonchev–Trinajstić information content (AvgIpc) is 3.26. The highest BCUT2D eigenvalue weighted by molar-refractivity contribution is 5.82. The Labute approximate surface area is 129 Å². The normalized spacial score (nSPS) is 20.7. The lowest BCUT2D eigenvalue weighted by atomic mass is 10.1. The minimum absolute atomic E-state index is 0.0291. The quantitative estimate of drug-likeness (QED) is 0.738. The molecule has 0 radical (unpaired) electrons. The van der Waals surface area contributed by atoms with Crippen LogP contribution in [0.1, 0.15) is 56.1 Å². The third-order valence-corrected chi connectivity index (χ3v) is 4.12. The zero-order valence-corrected chi connectivity index (χ0v) is 12.7. The maximum absolute atomic E-state index is 12.5. The van der Waals surface area contributed by atoms with Gasteiger partial charge >= 0.3 is 6.18 Å². The summed E-state index contributed by atoms with van der Waals surface area (Å²) in [4.78, 5) is 12.0. The lowest BCUT2D eigenvalue weighted by Crippen LogP contribution is -2.26. The van der Waals surface area contributed by atoms with Crippen LogP contribution >= 0.6 is 0 Å². The molecule has 122 valence electrons. The maximum Gasteiger partial charge on any atom is 0.416 e. The number of benzene rings is 1. The molecule has 0 bridgehead atoms. The smallest absolute Gasteiger partial charge is 0.356 e. The summed E-state index contributed by atoms with van der Waals surface area (Å²) < 4.78 is 37.5. The van der Waals surface area contributed by atoms with Crippen LogP contribution in [-0.2, 0) is 11.0 Å². The Kier molecular flexibility index (Phi) is 5.48. The van der Waals surface area contributed by atoms with E-state index in [9.17, 15) is 18.0 Å². The van der Waals surface area contributed by atoms with Crippen molar-refractivity contribution in [2.75, 3.05) is 6.54 Å². The molecular weight excluding hydrogens is 291 g/mol. The first kappa shape index (κ1) is 16.8. The number of amides is 1. The zero-order chi connectivity index (χ0) is 16.2. The number of alkyl halides is 3. The molecule has 22 heavy (non-hydrogen) atoms. The Morgan fingerprint density at radius 1 is 1.18 bits per heavy atom. The largest absolute Gasteiger partial charge is 0.416 e. The molecule has 2 nitrogen and oxygen atoms in total. The number of halogens is 3. The van der Waals surface area contributed by atoms with Crippen molar-refractivity contribution in [3.05, 3.63) is 35.4 Å². The van der Waals surface area contributed by atoms with Gasteiger partial charge in [0.1, 0.15) is 0 Å². The number of rotatable bonds is 7. The zero-order valence-electron chi connectivity index (χ0n) is 12.7. The van der Waals surface area contributed by atoms with E-state index in [4.69, 9.17) is 0 Å². The van der Waals surface area contributed by atoms with Crippen LogP contribution in [0.25, 0.3) is 0 Å². The Bertz CT molecular complexity index is 496. The molecule has 1 aliphatic carbocycles. The van der Waals surface area contributed by atoms with Crippen LogP contribution < -0.4 is 5.32 Å². The van der Waals surface area contributed by atoms with E-state index in [1.807, 2.05) is 0 Å². The van der Waals surface area contributed by atoms with Gasteiger partial charge in [-0.05, 0) is 36.5 Å². The second-order valence-electron chi connectivity index (χ2n) is 5.92. The Balaban J connectivity index is 1.78. The Morgan fingerprint density at radius 2 is 1.86 bits per heavy atom. The molecule has 5 heteroatoms. The fraction of sp³-hybridized carbons (Fsp3) is 0.588. The first-order valence-corrected chi connectivity index (χ1v) is 7.88. The molecule has 0 aromatic heterocycles. The number of unbranched alkanes of at least 4 members (excludes halogenated alkanes) is 3. The molecule has 2 unspecified atom stereocenters. The number of hydrogen-bond donors (Lipinski definition) is 1. The van der Waals surface area contributed by atoms with Crippen molar-refractivity contribution in [1.29, 1.82) is 0 Å². The lowest BCUT2D eigenvalue weighted by Gasteiger charge is -2.08. The summed E-state index contributed by atoms with van der Waals surface area (Å²) in [6.07, 6.45) is 0.852. The fourth-order valence-electron chi connectivity index (χ4n) is 2.67. The first-order valence-electron chi connectivity index (χ1n) is 7.88. The molecule has 1 aliphatic rings. The Hall–Kier alpha value is -1.52. The van der Waals surface area contributed by atoms with Gasteiger partial charge in [0, 0.05) is 12.5 Å². The van der Waals surface area contributed by atoms with Crippen molar-refractivity contribution < 1.29 is 18.0 Å². The lowest BCUT2D eigenvalue weighted by molar-refractivity contribution is -0.137. The van der Waals surface area contributed by atoms with E-state index in [1.165, 1.54) is 18.6 Å². The van der Waals surface area contributed by atoms with E-state index in [2.05, 4.69) is 12.2 Å². The number of carbonyl (C=O) groups excluding carboxylic acids is 1. The van der Waals surface area contributed by atoms with Crippen molar-refractivity contribution in [3.63, 3.8) is 0 Å². The second kappa shape index (κ2) is 7.16. The van der Waals surface area contributed by atoms with Gasteiger partial charge in [0.25, 0.3) is 0 Å². The van der Waals surface area contributed by atoms with E-state index in [0.717, 1.165) is 43.4 Å². The third-order valence-electron chi connectivity index (χ3n) is 4.12. The minimum Gasteiger partial charge on any atom is -0.356 e. The van der Waals surface area contributed by atoms with Gasteiger partial charge in [-0.15, -0.1) is 0 Å². The molecule has 2 rings (SSSR count). The summed E-state index contributed by atoms with van der Waals surface area (Å²) in [5.74, 6) is 0.0160. The molecule has 2 atom stereocenters. The SMILES string of the molecule is CCCCCCNC(=O)C1CC1c1ccc(C(F)(F)F)cc1. The summed E-state index contributed by atoms with van der Waals surface area (Å²) in [7, 11) is 0. The van der Waals surface area contributed by atoms with E-state index < -0.39 is 11.7 Å². The van der Waals surface area contributed by atoms with E-state index in [0.29, 0.717) is 6.54 Å². The van der Waals surface area contributed by atoms with Crippen LogP contribution in [0.15, 0.2) is 24.3 Å². The highest BCUT2D eigenvalue weighted by Gasteiger charge is 2.44. The standard InChI is InChI=1S/C17H22F3NO/c1-2-3-4-5-10-21-16(22)15-11-14(15)12-6-8-13(9-7-12)17(18,19)20/h6-9,14-15H,2-5,10-11H2,1H3,(H,21,22). The monoisotopic (exact) mass is 313 g/mol. The van der Waals surface area contributed by atoms with Gasteiger partial charge in [0.15, 0.2) is 0 Å². The Morgan fingerprint density at radius 3 is 2.45 bits per heavy atom. The molecule has 0 spiro atoms. The van der Waals surface area contributed by atoms with Gasteiger partial charge in [0.2, 0.25) is 5.91 Å². The van der Waals surface area contributed by atoms with Crippen molar-refractivity contribution in [1.82, 2.24) is 5.32 Å². The first-order chi connectivity index (χ1) is 10.4. The molecule has 1 amide bonds. The van der Waals surface area contributed by atoms with Gasteiger partial charge in [0.05, 0.1) is 5.56 Å². The maximum atomic E-state index is 12.5. The third kappa shape index (κ3) is 4.49. The highest BCUT2D eigenvalue weighted by Crippen LogP contribution is 2.47. The van der Waals surface area contributed by atoms with E-state index >= 15 is 0 Å². The van der Waals surface area contributed by atoms with Crippen molar-refractivity contribution >= 4 is 5.91 Å². The summed E-state index contributed by atoms with van der Waals surface area (Å²) in [5, 5.41) is 2.92. The van der Waals surface area contributed by atoms with Crippen LogP contribution in [0.5, 0.6) is 0 Å². The molecule has 0 heterocycles. The van der Waals surface area contributed by atoms with Gasteiger partial charge in [-0.2, -0.15) is 13.2 Å². The molecular formula is C17H22F3NO. The molecule has 1 N–H and O–H groups in total. The van der Waals surface area contributed by atoms with Gasteiger partial charge in [-0.25, -0.2) is 0 Å². The van der Waals surface area contributed by atoms with Crippen molar-refractivity contribution in [3.8, 4) is 0 Å². The molecule has 1 aromatic carbocycles. The highest BCUT2D eigenvalue weighted by atomic mass is 19.4. The van der Waals surface area contributed by atoms with Crippen LogP contribution in [0.4, 0.5) is 13.2 Å². The molecule has 1 aromatic rings. The predicted octanol–water partition coefficient (Wildman–Crippen LogP) is 4.51. The molecule has 1 fully saturated rings. The van der Waals surface area contributed by atoms with E-state index in [-0.39, 0.29) is 17.7 Å². The average molecular weight is 313 g/mol. The van der Waals surface area contributed by atoms with Crippen molar-refractivity contribution in [2.45, 2.75) is 51.1 Å². The number of nitrogens with one attached hydrogen (secondary N) is 1. The van der Waals surface area contributed by atoms with Crippen LogP contribution in [-0.4, -0.2) is 12.5 Å². The minimum atomic E-state index is -4.31. The summed E-state index contributed by atoms with van der Waals surface area (Å²) in [5.41, 5.74) is 0.174. The van der Waals surface area contributed by atoms with Crippen LogP contribution in [0.2, 0.25) is 0 Å². The molecule has 1 saturated carbocycles.